The second-order valence-corrected chi connectivity index (χ2v) is 11.5. The molecule has 4 heterocycles. The molecule has 7 nitrogen and oxygen atoms in total. The molecule has 0 atom stereocenters. The first-order valence-electron chi connectivity index (χ1n) is 13.2. The minimum atomic E-state index is 0.113. The Hall–Kier alpha value is -3.22. The smallest absolute Gasteiger partial charge is 0.227 e. The van der Waals surface area contributed by atoms with Crippen molar-refractivity contribution in [3.8, 4) is 0 Å². The third-order valence-corrected chi connectivity index (χ3v) is 7.80. The van der Waals surface area contributed by atoms with Crippen LogP contribution in [-0.2, 0) is 25.4 Å². The third kappa shape index (κ3) is 5.01. The van der Waals surface area contributed by atoms with Gasteiger partial charge in [0.25, 0.3) is 0 Å². The molecule has 190 valence electrons. The summed E-state index contributed by atoms with van der Waals surface area (Å²) in [6.45, 7) is 14.1. The zero-order valence-corrected chi connectivity index (χ0v) is 22.6. The van der Waals surface area contributed by atoms with Crippen molar-refractivity contribution >= 4 is 17.1 Å². The standard InChI is InChI=1S/C29H39N7/c1-20-7-8-24(29(3,4)5)17-23(20)18-25-26-27(31-19-34(26)6)33-28(32-25)36-14-10-22(11-15-36)9-13-35-16-12-30-21(35)2/h7-8,12,16-17,19,22H,9-11,13-15,18H2,1-6H3. The van der Waals surface area contributed by atoms with E-state index in [4.69, 9.17) is 9.97 Å². The minimum absolute atomic E-state index is 0.113. The van der Waals surface area contributed by atoms with Crippen LogP contribution in [-0.4, -0.2) is 42.2 Å². The number of imidazole rings is 2. The first-order valence-corrected chi connectivity index (χ1v) is 13.2. The maximum Gasteiger partial charge on any atom is 0.227 e. The van der Waals surface area contributed by atoms with Gasteiger partial charge in [-0.1, -0.05) is 39.0 Å². The molecule has 0 spiro atoms. The summed E-state index contributed by atoms with van der Waals surface area (Å²) < 4.78 is 4.31. The van der Waals surface area contributed by atoms with E-state index in [2.05, 4.69) is 83.0 Å². The molecule has 1 aliphatic heterocycles. The molecule has 1 aliphatic rings. The van der Waals surface area contributed by atoms with Crippen LogP contribution >= 0.6 is 0 Å². The van der Waals surface area contributed by atoms with Crippen LogP contribution in [0, 0.1) is 19.8 Å². The van der Waals surface area contributed by atoms with E-state index in [0.29, 0.717) is 0 Å². The Kier molecular flexibility index (Phi) is 6.58. The van der Waals surface area contributed by atoms with Crippen molar-refractivity contribution in [2.75, 3.05) is 18.0 Å². The average Bonchev–Trinajstić information content (AvgIpc) is 3.43. The van der Waals surface area contributed by atoms with Crippen LogP contribution in [0.4, 0.5) is 5.95 Å². The normalized spacial score (nSPS) is 15.2. The fraction of sp³-hybridized carbons (Fsp3) is 0.517. The summed E-state index contributed by atoms with van der Waals surface area (Å²) in [7, 11) is 2.04. The predicted octanol–water partition coefficient (Wildman–Crippen LogP) is 5.37. The Labute approximate surface area is 214 Å². The Morgan fingerprint density at radius 3 is 2.50 bits per heavy atom. The molecule has 1 fully saturated rings. The topological polar surface area (TPSA) is 64.7 Å². The molecule has 36 heavy (non-hydrogen) atoms. The molecule has 0 saturated carbocycles. The first-order chi connectivity index (χ1) is 17.2. The molecule has 1 aromatic carbocycles. The van der Waals surface area contributed by atoms with E-state index < -0.39 is 0 Å². The number of aromatic nitrogens is 6. The SMILES string of the molecule is Cc1ccc(C(C)(C)C)cc1Cc1nc(N2CCC(CCn3ccnc3C)CC2)nc2ncn(C)c12. The van der Waals surface area contributed by atoms with Crippen molar-refractivity contribution in [2.45, 2.75) is 72.3 Å². The molecule has 7 heteroatoms. The Morgan fingerprint density at radius 1 is 1.03 bits per heavy atom. The van der Waals surface area contributed by atoms with Gasteiger partial charge < -0.3 is 14.0 Å². The Morgan fingerprint density at radius 2 is 1.81 bits per heavy atom. The van der Waals surface area contributed by atoms with Gasteiger partial charge in [0.2, 0.25) is 5.95 Å². The van der Waals surface area contributed by atoms with Crippen LogP contribution in [0.5, 0.6) is 0 Å². The molecule has 0 aliphatic carbocycles. The average molecular weight is 486 g/mol. The number of hydrogen-bond donors (Lipinski definition) is 0. The molecular formula is C29H39N7. The van der Waals surface area contributed by atoms with Crippen LogP contribution in [0.3, 0.4) is 0 Å². The fourth-order valence-electron chi connectivity index (χ4n) is 5.28. The van der Waals surface area contributed by atoms with Crippen LogP contribution < -0.4 is 4.90 Å². The molecule has 0 bridgehead atoms. The van der Waals surface area contributed by atoms with Gasteiger partial charge in [0.15, 0.2) is 5.65 Å². The second-order valence-electron chi connectivity index (χ2n) is 11.5. The van der Waals surface area contributed by atoms with Crippen molar-refractivity contribution in [3.63, 3.8) is 0 Å². The van der Waals surface area contributed by atoms with Gasteiger partial charge in [-0.3, -0.25) is 0 Å². The quantitative estimate of drug-likeness (QED) is 0.367. The van der Waals surface area contributed by atoms with Gasteiger partial charge in [0.1, 0.15) is 11.3 Å². The number of aryl methyl sites for hydroxylation is 4. The lowest BCUT2D eigenvalue weighted by Gasteiger charge is -2.32. The van der Waals surface area contributed by atoms with E-state index in [0.717, 1.165) is 60.6 Å². The van der Waals surface area contributed by atoms with Crippen LogP contribution in [0.2, 0.25) is 0 Å². The van der Waals surface area contributed by atoms with Gasteiger partial charge in [-0.25, -0.2) is 15.0 Å². The molecule has 1 saturated heterocycles. The van der Waals surface area contributed by atoms with Crippen LogP contribution in [0.25, 0.3) is 11.2 Å². The summed E-state index contributed by atoms with van der Waals surface area (Å²) in [5.41, 5.74) is 6.97. The van der Waals surface area contributed by atoms with E-state index in [1.165, 1.54) is 36.0 Å². The lowest BCUT2D eigenvalue weighted by molar-refractivity contribution is 0.358. The van der Waals surface area contributed by atoms with Crippen molar-refractivity contribution in [1.82, 2.24) is 29.1 Å². The van der Waals surface area contributed by atoms with Crippen LogP contribution in [0.15, 0.2) is 36.9 Å². The van der Waals surface area contributed by atoms with E-state index >= 15 is 0 Å². The van der Waals surface area contributed by atoms with Gasteiger partial charge in [-0.15, -0.1) is 0 Å². The predicted molar refractivity (Wildman–Crippen MR) is 146 cm³/mol. The first kappa shape index (κ1) is 24.5. The van der Waals surface area contributed by atoms with Crippen molar-refractivity contribution in [2.24, 2.45) is 13.0 Å². The van der Waals surface area contributed by atoms with Crippen molar-refractivity contribution < 1.29 is 0 Å². The summed E-state index contributed by atoms with van der Waals surface area (Å²) in [4.78, 5) is 21.4. The van der Waals surface area contributed by atoms with E-state index in [-0.39, 0.29) is 5.41 Å². The highest BCUT2D eigenvalue weighted by Crippen LogP contribution is 2.29. The minimum Gasteiger partial charge on any atom is -0.341 e. The lowest BCUT2D eigenvalue weighted by atomic mass is 9.84. The Bertz CT molecular complexity index is 1350. The van der Waals surface area contributed by atoms with Crippen LogP contribution in [0.1, 0.15) is 68.2 Å². The summed E-state index contributed by atoms with van der Waals surface area (Å²) >= 11 is 0. The molecule has 0 unspecified atom stereocenters. The van der Waals surface area contributed by atoms with Gasteiger partial charge >= 0.3 is 0 Å². The molecule has 3 aromatic heterocycles. The van der Waals surface area contributed by atoms with E-state index in [1.54, 1.807) is 0 Å². The van der Waals surface area contributed by atoms with Gasteiger partial charge in [-0.2, -0.15) is 4.98 Å². The summed E-state index contributed by atoms with van der Waals surface area (Å²) in [6.07, 6.45) is 10.1. The van der Waals surface area contributed by atoms with Gasteiger partial charge in [-0.05, 0) is 61.1 Å². The fourth-order valence-corrected chi connectivity index (χ4v) is 5.28. The number of anilines is 1. The third-order valence-electron chi connectivity index (χ3n) is 7.80. The van der Waals surface area contributed by atoms with E-state index in [1.807, 2.05) is 19.6 Å². The van der Waals surface area contributed by atoms with Crippen molar-refractivity contribution in [3.05, 3.63) is 65.1 Å². The molecule has 4 aromatic rings. The lowest BCUT2D eigenvalue weighted by Crippen LogP contribution is -2.35. The molecule has 0 N–H and O–H groups in total. The highest BCUT2D eigenvalue weighted by atomic mass is 15.3. The van der Waals surface area contributed by atoms with E-state index in [9.17, 15) is 0 Å². The number of piperidine rings is 1. The Balaban J connectivity index is 1.36. The zero-order chi connectivity index (χ0) is 25.4. The number of nitrogens with zero attached hydrogens (tertiary/aromatic N) is 7. The van der Waals surface area contributed by atoms with Gasteiger partial charge in [0.05, 0.1) is 12.0 Å². The summed E-state index contributed by atoms with van der Waals surface area (Å²) in [5.74, 6) is 2.65. The molecular weight excluding hydrogens is 446 g/mol. The molecule has 5 rings (SSSR count). The largest absolute Gasteiger partial charge is 0.341 e. The highest BCUT2D eigenvalue weighted by molar-refractivity contribution is 5.75. The zero-order valence-electron chi connectivity index (χ0n) is 22.6. The number of rotatable bonds is 6. The molecule has 0 amide bonds. The highest BCUT2D eigenvalue weighted by Gasteiger charge is 2.24. The van der Waals surface area contributed by atoms with Gasteiger partial charge in [0, 0.05) is 45.5 Å². The maximum atomic E-state index is 5.15. The maximum absolute atomic E-state index is 5.15. The number of fused-ring (bicyclic) bond motifs is 1. The number of benzene rings is 1. The van der Waals surface area contributed by atoms with Crippen molar-refractivity contribution in [1.29, 1.82) is 0 Å². The second kappa shape index (κ2) is 9.68. The number of hydrogen-bond acceptors (Lipinski definition) is 5. The summed E-state index contributed by atoms with van der Waals surface area (Å²) in [5, 5.41) is 0. The monoisotopic (exact) mass is 485 g/mol. The summed E-state index contributed by atoms with van der Waals surface area (Å²) in [6, 6.07) is 6.85. The molecule has 0 radical (unpaired) electrons.